The fourth-order valence-corrected chi connectivity index (χ4v) is 2.33. The van der Waals surface area contributed by atoms with Crippen molar-refractivity contribution in [2.75, 3.05) is 6.73 Å². The lowest BCUT2D eigenvalue weighted by molar-refractivity contribution is -0.141. The Morgan fingerprint density at radius 1 is 1.10 bits per heavy atom. The maximum atomic E-state index is 12.8. The number of hydrogen-bond donors (Lipinski definition) is 1. The lowest BCUT2D eigenvalue weighted by Gasteiger charge is -2.45. The van der Waals surface area contributed by atoms with Gasteiger partial charge >= 0.3 is 0 Å². The topological polar surface area (TPSA) is 38.3 Å². The first-order valence-electron chi connectivity index (χ1n) is 8.29. The quantitative estimate of drug-likeness (QED) is 0.657. The zero-order chi connectivity index (χ0) is 16.9. The van der Waals surface area contributed by atoms with E-state index in [1.165, 1.54) is 0 Å². The maximum absolute atomic E-state index is 12.8. The molecule has 0 aliphatic carbocycles. The van der Waals surface area contributed by atoms with Crippen molar-refractivity contribution in [2.24, 2.45) is 16.2 Å². The molecule has 0 spiro atoms. The summed E-state index contributed by atoms with van der Waals surface area (Å²) in [4.78, 5) is 12.8. The zero-order valence-electron chi connectivity index (χ0n) is 15.7. The fourth-order valence-electron chi connectivity index (χ4n) is 2.33. The molecular formula is C18H37NO2. The minimum atomic E-state index is -0.411. The van der Waals surface area contributed by atoms with Crippen LogP contribution in [0, 0.1) is 16.2 Å². The highest BCUT2D eigenvalue weighted by Crippen LogP contribution is 2.47. The van der Waals surface area contributed by atoms with E-state index < -0.39 is 5.41 Å². The van der Waals surface area contributed by atoms with Gasteiger partial charge in [-0.15, -0.1) is 0 Å². The molecule has 3 nitrogen and oxygen atoms in total. The van der Waals surface area contributed by atoms with Gasteiger partial charge in [-0.1, -0.05) is 61.8 Å². The zero-order valence-corrected chi connectivity index (χ0v) is 15.7. The van der Waals surface area contributed by atoms with E-state index in [1.54, 1.807) is 0 Å². The van der Waals surface area contributed by atoms with Crippen LogP contribution < -0.4 is 5.32 Å². The van der Waals surface area contributed by atoms with Crippen molar-refractivity contribution in [2.45, 2.75) is 87.7 Å². The third kappa shape index (κ3) is 5.98. The summed E-state index contributed by atoms with van der Waals surface area (Å²) in [6.07, 6.45) is 3.07. The molecular weight excluding hydrogens is 262 g/mol. The van der Waals surface area contributed by atoms with Crippen molar-refractivity contribution >= 4 is 5.91 Å². The maximum Gasteiger partial charge on any atom is 0.228 e. The highest BCUT2D eigenvalue weighted by molar-refractivity contribution is 5.83. The smallest absolute Gasteiger partial charge is 0.228 e. The Labute approximate surface area is 132 Å². The highest BCUT2D eigenvalue weighted by Gasteiger charge is 2.46. The van der Waals surface area contributed by atoms with Gasteiger partial charge in [0.1, 0.15) is 6.73 Å². The molecule has 0 radical (unpaired) electrons. The highest BCUT2D eigenvalue weighted by atomic mass is 16.5. The van der Waals surface area contributed by atoms with Crippen LogP contribution in [0.5, 0.6) is 0 Å². The lowest BCUT2D eigenvalue weighted by atomic mass is 9.60. The van der Waals surface area contributed by atoms with Gasteiger partial charge in [0.15, 0.2) is 0 Å². The van der Waals surface area contributed by atoms with E-state index in [4.69, 9.17) is 4.74 Å². The van der Waals surface area contributed by atoms with Gasteiger partial charge in [0.05, 0.1) is 11.5 Å². The average Bonchev–Trinajstić information content (AvgIpc) is 2.36. The summed E-state index contributed by atoms with van der Waals surface area (Å²) in [5.41, 5.74) is -0.359. The van der Waals surface area contributed by atoms with Crippen LogP contribution in [-0.2, 0) is 9.53 Å². The van der Waals surface area contributed by atoms with Crippen molar-refractivity contribution in [3.8, 4) is 0 Å². The average molecular weight is 299 g/mol. The van der Waals surface area contributed by atoms with Gasteiger partial charge in [0, 0.05) is 0 Å². The minimum Gasteiger partial charge on any atom is -0.358 e. The molecule has 0 aromatic carbocycles. The van der Waals surface area contributed by atoms with Crippen molar-refractivity contribution in [3.05, 3.63) is 0 Å². The van der Waals surface area contributed by atoms with Crippen molar-refractivity contribution in [1.82, 2.24) is 5.32 Å². The van der Waals surface area contributed by atoms with Gasteiger partial charge in [-0.3, -0.25) is 4.79 Å². The van der Waals surface area contributed by atoms with Crippen LogP contribution in [0.2, 0.25) is 0 Å². The van der Waals surface area contributed by atoms with Crippen LogP contribution in [0.15, 0.2) is 0 Å². The molecule has 0 bridgehead atoms. The molecule has 1 N–H and O–H groups in total. The second-order valence-corrected chi connectivity index (χ2v) is 8.31. The monoisotopic (exact) mass is 299 g/mol. The first kappa shape index (κ1) is 20.4. The first-order valence-corrected chi connectivity index (χ1v) is 8.29. The van der Waals surface area contributed by atoms with Gasteiger partial charge in [0.25, 0.3) is 0 Å². The number of hydrogen-bond acceptors (Lipinski definition) is 2. The predicted octanol–water partition coefficient (Wildman–Crippen LogP) is 4.75. The van der Waals surface area contributed by atoms with Gasteiger partial charge in [-0.2, -0.15) is 0 Å². The van der Waals surface area contributed by atoms with Crippen LogP contribution in [0.25, 0.3) is 0 Å². The molecule has 126 valence electrons. The number of amides is 1. The Morgan fingerprint density at radius 3 is 2.00 bits per heavy atom. The first-order chi connectivity index (χ1) is 9.39. The van der Waals surface area contributed by atoms with Gasteiger partial charge in [-0.05, 0) is 30.6 Å². The van der Waals surface area contributed by atoms with Gasteiger partial charge < -0.3 is 10.1 Å². The van der Waals surface area contributed by atoms with E-state index in [0.717, 1.165) is 19.3 Å². The summed E-state index contributed by atoms with van der Waals surface area (Å²) in [6, 6.07) is 0. The normalized spacial score (nSPS) is 17.2. The molecule has 1 amide bonds. The lowest BCUT2D eigenvalue weighted by Crippen LogP contribution is -2.50. The second-order valence-electron chi connectivity index (χ2n) is 8.31. The number of carbonyl (C=O) groups excluding carboxylic acids is 1. The molecule has 0 heterocycles. The molecule has 2 unspecified atom stereocenters. The second kappa shape index (κ2) is 7.62. The number of carbonyl (C=O) groups is 1. The summed E-state index contributed by atoms with van der Waals surface area (Å²) in [7, 11) is 0. The van der Waals surface area contributed by atoms with Gasteiger partial charge in [-0.25, -0.2) is 0 Å². The molecule has 0 aromatic heterocycles. The third-order valence-corrected chi connectivity index (χ3v) is 5.12. The van der Waals surface area contributed by atoms with E-state index in [2.05, 4.69) is 60.7 Å². The minimum absolute atomic E-state index is 0.0971. The van der Waals surface area contributed by atoms with Crippen molar-refractivity contribution in [3.63, 3.8) is 0 Å². The molecule has 2 atom stereocenters. The molecule has 0 saturated heterocycles. The van der Waals surface area contributed by atoms with E-state index in [9.17, 15) is 4.79 Å². The molecule has 0 rings (SSSR count). The third-order valence-electron chi connectivity index (χ3n) is 5.12. The van der Waals surface area contributed by atoms with Crippen LogP contribution in [-0.4, -0.2) is 18.7 Å². The Balaban J connectivity index is 4.95. The number of rotatable bonds is 8. The molecule has 0 aliphatic rings. The van der Waals surface area contributed by atoms with Crippen LogP contribution in [0.3, 0.4) is 0 Å². The van der Waals surface area contributed by atoms with E-state index in [-0.39, 0.29) is 22.8 Å². The van der Waals surface area contributed by atoms with Crippen LogP contribution in [0.1, 0.15) is 81.6 Å². The molecule has 3 heteroatoms. The molecule has 0 fully saturated rings. The number of nitrogens with one attached hydrogen (secondary N) is 1. The van der Waals surface area contributed by atoms with E-state index in [1.807, 2.05) is 6.92 Å². The summed E-state index contributed by atoms with van der Waals surface area (Å²) < 4.78 is 5.59. The Kier molecular flexibility index (Phi) is 7.41. The molecule has 0 aliphatic heterocycles. The largest absolute Gasteiger partial charge is 0.358 e. The fraction of sp³-hybridized carbons (Fsp3) is 0.944. The van der Waals surface area contributed by atoms with Crippen LogP contribution >= 0.6 is 0 Å². The van der Waals surface area contributed by atoms with Crippen molar-refractivity contribution < 1.29 is 9.53 Å². The summed E-state index contributed by atoms with van der Waals surface area (Å²) in [6.45, 7) is 19.6. The van der Waals surface area contributed by atoms with E-state index in [0.29, 0.717) is 6.73 Å². The molecule has 21 heavy (non-hydrogen) atoms. The summed E-state index contributed by atoms with van der Waals surface area (Å²) >= 11 is 0. The predicted molar refractivity (Wildman–Crippen MR) is 90.1 cm³/mol. The molecule has 0 saturated carbocycles. The summed E-state index contributed by atoms with van der Waals surface area (Å²) in [5.74, 6) is 0.0971. The van der Waals surface area contributed by atoms with Gasteiger partial charge in [0.2, 0.25) is 5.91 Å². The Hall–Kier alpha value is -0.570. The summed E-state index contributed by atoms with van der Waals surface area (Å²) in [5, 5.41) is 2.98. The number of ether oxygens (including phenoxy) is 1. The Bertz CT molecular complexity index is 331. The van der Waals surface area contributed by atoms with Crippen LogP contribution in [0.4, 0.5) is 0 Å². The molecule has 0 aromatic rings. The Morgan fingerprint density at radius 2 is 1.62 bits per heavy atom. The van der Waals surface area contributed by atoms with Crippen molar-refractivity contribution in [1.29, 1.82) is 0 Å². The standard InChI is InChI=1S/C18H37NO2/c1-10-14(3)21-13-19-15(20)18(9,16(4,5)6)12-17(7,8)11-2/h14H,10-13H2,1-9H3,(H,19,20). The van der Waals surface area contributed by atoms with E-state index >= 15 is 0 Å². The SMILES string of the molecule is CCC(C)OCNC(=O)C(C)(CC(C)(C)CC)C(C)(C)C.